The summed E-state index contributed by atoms with van der Waals surface area (Å²) < 4.78 is 0. The SMILES string of the molecule is NCCCCc1ccc(CN)c2ccccc12. The minimum Gasteiger partial charge on any atom is -0.330 e. The van der Waals surface area contributed by atoms with Crippen LogP contribution in [0.5, 0.6) is 0 Å². The van der Waals surface area contributed by atoms with E-state index in [0.29, 0.717) is 6.54 Å². The molecule has 2 nitrogen and oxygen atoms in total. The first-order valence-corrected chi connectivity index (χ1v) is 6.26. The van der Waals surface area contributed by atoms with Crippen LogP contribution in [0.1, 0.15) is 24.0 Å². The number of rotatable bonds is 5. The minimum absolute atomic E-state index is 0.601. The lowest BCUT2D eigenvalue weighted by Gasteiger charge is -2.10. The van der Waals surface area contributed by atoms with Gasteiger partial charge in [-0.25, -0.2) is 0 Å². The maximum atomic E-state index is 5.77. The Kier molecular flexibility index (Phi) is 4.13. The molecular formula is C15H20N2. The lowest BCUT2D eigenvalue weighted by atomic mass is 9.96. The number of benzene rings is 2. The van der Waals surface area contributed by atoms with Crippen molar-refractivity contribution >= 4 is 10.8 Å². The van der Waals surface area contributed by atoms with Gasteiger partial charge in [0.15, 0.2) is 0 Å². The molecule has 2 rings (SSSR count). The van der Waals surface area contributed by atoms with Crippen LogP contribution in [-0.4, -0.2) is 6.54 Å². The molecule has 0 aliphatic rings. The van der Waals surface area contributed by atoms with Crippen LogP contribution in [0.25, 0.3) is 10.8 Å². The number of fused-ring (bicyclic) bond motifs is 1. The largest absolute Gasteiger partial charge is 0.330 e. The Morgan fingerprint density at radius 2 is 1.41 bits per heavy atom. The summed E-state index contributed by atoms with van der Waals surface area (Å²) in [5.74, 6) is 0. The average molecular weight is 228 g/mol. The summed E-state index contributed by atoms with van der Waals surface area (Å²) >= 11 is 0. The van der Waals surface area contributed by atoms with E-state index in [-0.39, 0.29) is 0 Å². The predicted molar refractivity (Wildman–Crippen MR) is 73.8 cm³/mol. The standard InChI is InChI=1S/C15H20N2/c16-10-4-3-5-12-8-9-13(11-17)15-7-2-1-6-14(12)15/h1-2,6-9H,3-5,10-11,16-17H2. The molecule has 0 fully saturated rings. The number of hydrogen-bond acceptors (Lipinski definition) is 2. The van der Waals surface area contributed by atoms with E-state index in [9.17, 15) is 0 Å². The van der Waals surface area contributed by atoms with Crippen LogP contribution in [0, 0.1) is 0 Å². The Labute approximate surface area is 103 Å². The molecule has 0 atom stereocenters. The van der Waals surface area contributed by atoms with E-state index in [0.717, 1.165) is 25.8 Å². The fourth-order valence-corrected chi connectivity index (χ4v) is 2.28. The Balaban J connectivity index is 2.37. The highest BCUT2D eigenvalue weighted by Crippen LogP contribution is 2.23. The molecule has 17 heavy (non-hydrogen) atoms. The molecule has 0 saturated carbocycles. The van der Waals surface area contributed by atoms with Crippen molar-refractivity contribution in [1.82, 2.24) is 0 Å². The van der Waals surface area contributed by atoms with Gasteiger partial charge < -0.3 is 11.5 Å². The van der Waals surface area contributed by atoms with E-state index in [1.165, 1.54) is 21.9 Å². The molecule has 0 radical (unpaired) electrons. The number of unbranched alkanes of at least 4 members (excludes halogenated alkanes) is 1. The molecule has 0 bridgehead atoms. The van der Waals surface area contributed by atoms with Crippen molar-refractivity contribution in [3.63, 3.8) is 0 Å². The summed E-state index contributed by atoms with van der Waals surface area (Å²) in [6.45, 7) is 1.38. The van der Waals surface area contributed by atoms with E-state index in [1.54, 1.807) is 0 Å². The van der Waals surface area contributed by atoms with Crippen LogP contribution in [-0.2, 0) is 13.0 Å². The first-order valence-electron chi connectivity index (χ1n) is 6.26. The van der Waals surface area contributed by atoms with Crippen molar-refractivity contribution in [2.45, 2.75) is 25.8 Å². The maximum Gasteiger partial charge on any atom is 0.0184 e. The third kappa shape index (κ3) is 2.65. The van der Waals surface area contributed by atoms with Crippen molar-refractivity contribution in [2.75, 3.05) is 6.54 Å². The highest BCUT2D eigenvalue weighted by atomic mass is 14.5. The van der Waals surface area contributed by atoms with Crippen molar-refractivity contribution in [3.05, 3.63) is 47.5 Å². The van der Waals surface area contributed by atoms with Gasteiger partial charge in [-0.05, 0) is 47.7 Å². The topological polar surface area (TPSA) is 52.0 Å². The highest BCUT2D eigenvalue weighted by Gasteiger charge is 2.04. The molecule has 0 spiro atoms. The van der Waals surface area contributed by atoms with Gasteiger partial charge in [-0.2, -0.15) is 0 Å². The summed E-state index contributed by atoms with van der Waals surface area (Å²) in [5, 5.41) is 2.63. The van der Waals surface area contributed by atoms with Gasteiger partial charge in [-0.15, -0.1) is 0 Å². The fourth-order valence-electron chi connectivity index (χ4n) is 2.28. The molecule has 0 saturated heterocycles. The lowest BCUT2D eigenvalue weighted by Crippen LogP contribution is -2.01. The minimum atomic E-state index is 0.601. The molecule has 0 amide bonds. The van der Waals surface area contributed by atoms with E-state index in [1.807, 2.05) is 0 Å². The first-order chi connectivity index (χ1) is 8.36. The van der Waals surface area contributed by atoms with Gasteiger partial charge in [-0.3, -0.25) is 0 Å². The zero-order chi connectivity index (χ0) is 12.1. The van der Waals surface area contributed by atoms with Crippen LogP contribution >= 0.6 is 0 Å². The third-order valence-corrected chi connectivity index (χ3v) is 3.22. The van der Waals surface area contributed by atoms with E-state index < -0.39 is 0 Å². The second-order valence-corrected chi connectivity index (χ2v) is 4.38. The molecule has 0 aliphatic carbocycles. The second-order valence-electron chi connectivity index (χ2n) is 4.38. The number of aryl methyl sites for hydroxylation is 1. The van der Waals surface area contributed by atoms with Gasteiger partial charge in [0.2, 0.25) is 0 Å². The molecular weight excluding hydrogens is 208 g/mol. The number of hydrogen-bond donors (Lipinski definition) is 2. The van der Waals surface area contributed by atoms with E-state index in [2.05, 4.69) is 36.4 Å². The van der Waals surface area contributed by atoms with Crippen molar-refractivity contribution < 1.29 is 0 Å². The molecule has 0 aliphatic heterocycles. The quantitative estimate of drug-likeness (QED) is 0.773. The van der Waals surface area contributed by atoms with Crippen molar-refractivity contribution in [2.24, 2.45) is 11.5 Å². The zero-order valence-electron chi connectivity index (χ0n) is 10.2. The molecule has 0 heterocycles. The van der Waals surface area contributed by atoms with Crippen LogP contribution in [0.2, 0.25) is 0 Å². The molecule has 90 valence electrons. The summed E-state index contributed by atoms with van der Waals surface area (Å²) in [7, 11) is 0. The normalized spacial score (nSPS) is 10.9. The first kappa shape index (κ1) is 12.1. The van der Waals surface area contributed by atoms with Crippen LogP contribution in [0.4, 0.5) is 0 Å². The fraction of sp³-hybridized carbons (Fsp3) is 0.333. The molecule has 0 unspecified atom stereocenters. The van der Waals surface area contributed by atoms with Crippen molar-refractivity contribution in [1.29, 1.82) is 0 Å². The molecule has 2 heteroatoms. The Hall–Kier alpha value is -1.38. The second kappa shape index (κ2) is 5.80. The maximum absolute atomic E-state index is 5.77. The van der Waals surface area contributed by atoms with Crippen LogP contribution in [0.3, 0.4) is 0 Å². The van der Waals surface area contributed by atoms with Gasteiger partial charge in [0.05, 0.1) is 0 Å². The highest BCUT2D eigenvalue weighted by molar-refractivity contribution is 5.88. The Morgan fingerprint density at radius 3 is 2.06 bits per heavy atom. The lowest BCUT2D eigenvalue weighted by molar-refractivity contribution is 0.747. The van der Waals surface area contributed by atoms with E-state index >= 15 is 0 Å². The van der Waals surface area contributed by atoms with Gasteiger partial charge in [0.1, 0.15) is 0 Å². The Bertz CT molecular complexity index is 491. The summed E-state index contributed by atoms with van der Waals surface area (Å²) in [6.07, 6.45) is 3.35. The van der Waals surface area contributed by atoms with Gasteiger partial charge in [0, 0.05) is 6.54 Å². The van der Waals surface area contributed by atoms with Crippen LogP contribution in [0.15, 0.2) is 36.4 Å². The van der Waals surface area contributed by atoms with Gasteiger partial charge in [0.25, 0.3) is 0 Å². The molecule has 2 aromatic carbocycles. The summed E-state index contributed by atoms with van der Waals surface area (Å²) in [6, 6.07) is 12.9. The third-order valence-electron chi connectivity index (χ3n) is 3.22. The predicted octanol–water partition coefficient (Wildman–Crippen LogP) is 2.58. The molecule has 2 aromatic rings. The van der Waals surface area contributed by atoms with E-state index in [4.69, 9.17) is 11.5 Å². The van der Waals surface area contributed by atoms with Gasteiger partial charge in [-0.1, -0.05) is 36.4 Å². The Morgan fingerprint density at radius 1 is 0.765 bits per heavy atom. The smallest absolute Gasteiger partial charge is 0.0184 e. The van der Waals surface area contributed by atoms with Crippen LogP contribution < -0.4 is 11.5 Å². The monoisotopic (exact) mass is 228 g/mol. The summed E-state index contributed by atoms with van der Waals surface area (Å²) in [4.78, 5) is 0. The zero-order valence-corrected chi connectivity index (χ0v) is 10.2. The molecule has 0 aromatic heterocycles. The number of nitrogens with two attached hydrogens (primary N) is 2. The van der Waals surface area contributed by atoms with Crippen molar-refractivity contribution in [3.8, 4) is 0 Å². The average Bonchev–Trinajstić information content (AvgIpc) is 2.39. The molecule has 4 N–H and O–H groups in total. The van der Waals surface area contributed by atoms with Gasteiger partial charge >= 0.3 is 0 Å². The summed E-state index contributed by atoms with van der Waals surface area (Å²) in [5.41, 5.74) is 13.9.